The van der Waals surface area contributed by atoms with Gasteiger partial charge in [-0.05, 0) is 37.6 Å². The zero-order valence-electron chi connectivity index (χ0n) is 14.4. The number of anilines is 3. The molecule has 0 aliphatic rings. The van der Waals surface area contributed by atoms with E-state index in [1.54, 1.807) is 0 Å². The Morgan fingerprint density at radius 1 is 1.00 bits per heavy atom. The summed E-state index contributed by atoms with van der Waals surface area (Å²) in [5, 5.41) is 4.10. The van der Waals surface area contributed by atoms with E-state index in [0.717, 1.165) is 40.3 Å². The molecule has 0 saturated carbocycles. The molecular formula is C20H21ClN4. The largest absolute Gasteiger partial charge is 0.366 e. The van der Waals surface area contributed by atoms with Gasteiger partial charge >= 0.3 is 0 Å². The van der Waals surface area contributed by atoms with Gasteiger partial charge in [-0.15, -0.1) is 0 Å². The van der Waals surface area contributed by atoms with E-state index in [9.17, 15) is 0 Å². The Hall–Kier alpha value is -2.59. The minimum atomic E-state index is 0.618. The van der Waals surface area contributed by atoms with Crippen molar-refractivity contribution in [2.75, 3.05) is 16.8 Å². The fourth-order valence-corrected chi connectivity index (χ4v) is 2.90. The Morgan fingerprint density at radius 3 is 2.44 bits per heavy atom. The lowest BCUT2D eigenvalue weighted by Gasteiger charge is -2.23. The summed E-state index contributed by atoms with van der Waals surface area (Å²) in [5.41, 5.74) is 2.15. The maximum absolute atomic E-state index is 6.22. The van der Waals surface area contributed by atoms with Crippen molar-refractivity contribution in [3.63, 3.8) is 0 Å². The molecule has 1 N–H and O–H groups in total. The van der Waals surface area contributed by atoms with E-state index < -0.39 is 0 Å². The highest BCUT2D eigenvalue weighted by Crippen LogP contribution is 2.25. The summed E-state index contributed by atoms with van der Waals surface area (Å²) >= 11 is 6.22. The first kappa shape index (κ1) is 17.2. The lowest BCUT2D eigenvalue weighted by atomic mass is 10.2. The van der Waals surface area contributed by atoms with Gasteiger partial charge in [-0.2, -0.15) is 0 Å². The topological polar surface area (TPSA) is 41.0 Å². The van der Waals surface area contributed by atoms with Crippen molar-refractivity contribution in [1.29, 1.82) is 0 Å². The molecule has 3 aromatic rings. The van der Waals surface area contributed by atoms with E-state index in [1.165, 1.54) is 0 Å². The number of aromatic nitrogens is 2. The molecule has 0 aliphatic heterocycles. The summed E-state index contributed by atoms with van der Waals surface area (Å²) in [7, 11) is 0. The van der Waals surface area contributed by atoms with Crippen molar-refractivity contribution in [3.8, 4) is 0 Å². The number of aryl methyl sites for hydroxylation is 1. The summed E-state index contributed by atoms with van der Waals surface area (Å²) in [5.74, 6) is 2.40. The minimum absolute atomic E-state index is 0.618. The Kier molecular flexibility index (Phi) is 5.51. The van der Waals surface area contributed by atoms with Crippen LogP contribution >= 0.6 is 11.6 Å². The number of nitrogens with zero attached hydrogens (tertiary/aromatic N) is 3. The van der Waals surface area contributed by atoms with Gasteiger partial charge in [-0.1, -0.05) is 48.0 Å². The third-order valence-corrected chi connectivity index (χ3v) is 4.27. The van der Waals surface area contributed by atoms with E-state index >= 15 is 0 Å². The molecule has 0 aliphatic carbocycles. The van der Waals surface area contributed by atoms with Gasteiger partial charge in [0.05, 0.1) is 0 Å². The lowest BCUT2D eigenvalue weighted by molar-refractivity contribution is 0.946. The van der Waals surface area contributed by atoms with Gasteiger partial charge in [-0.25, -0.2) is 9.97 Å². The molecule has 0 unspecified atom stereocenters. The zero-order chi connectivity index (χ0) is 17.6. The van der Waals surface area contributed by atoms with Crippen LogP contribution in [0.5, 0.6) is 0 Å². The molecular weight excluding hydrogens is 332 g/mol. The van der Waals surface area contributed by atoms with Crippen molar-refractivity contribution < 1.29 is 0 Å². The van der Waals surface area contributed by atoms with E-state index in [0.29, 0.717) is 6.54 Å². The summed E-state index contributed by atoms with van der Waals surface area (Å²) in [6.45, 7) is 5.46. The van der Waals surface area contributed by atoms with Crippen LogP contribution in [0.15, 0.2) is 60.7 Å². The molecule has 0 bridgehead atoms. The molecule has 128 valence electrons. The Bertz CT molecular complexity index is 836. The number of para-hydroxylation sites is 1. The highest BCUT2D eigenvalue weighted by Gasteiger charge is 2.11. The van der Waals surface area contributed by atoms with Crippen LogP contribution in [0.25, 0.3) is 0 Å². The van der Waals surface area contributed by atoms with Crippen molar-refractivity contribution in [2.24, 2.45) is 0 Å². The van der Waals surface area contributed by atoms with E-state index in [-0.39, 0.29) is 0 Å². The number of hydrogen-bond acceptors (Lipinski definition) is 4. The quantitative estimate of drug-likeness (QED) is 0.661. The van der Waals surface area contributed by atoms with E-state index in [4.69, 9.17) is 11.6 Å². The predicted molar refractivity (Wildman–Crippen MR) is 105 cm³/mol. The normalized spacial score (nSPS) is 10.5. The molecule has 0 radical (unpaired) electrons. The third-order valence-electron chi connectivity index (χ3n) is 3.90. The molecule has 4 nitrogen and oxygen atoms in total. The molecule has 0 spiro atoms. The zero-order valence-corrected chi connectivity index (χ0v) is 15.2. The Morgan fingerprint density at radius 2 is 1.72 bits per heavy atom. The number of hydrogen-bond donors (Lipinski definition) is 1. The second kappa shape index (κ2) is 7.99. The molecule has 0 saturated heterocycles. The molecule has 2 aromatic carbocycles. The first-order valence-electron chi connectivity index (χ1n) is 8.33. The average molecular weight is 353 g/mol. The number of halogens is 1. The number of nitrogens with one attached hydrogen (secondary N) is 1. The second-order valence-corrected chi connectivity index (χ2v) is 6.09. The maximum atomic E-state index is 6.22. The van der Waals surface area contributed by atoms with E-state index in [2.05, 4.69) is 39.2 Å². The summed E-state index contributed by atoms with van der Waals surface area (Å²) in [6.07, 6.45) is 0. The van der Waals surface area contributed by atoms with Gasteiger partial charge in [0.1, 0.15) is 17.5 Å². The van der Waals surface area contributed by atoms with Crippen LogP contribution in [0.3, 0.4) is 0 Å². The van der Waals surface area contributed by atoms with Gasteiger partial charge in [-0.3, -0.25) is 0 Å². The summed E-state index contributed by atoms with van der Waals surface area (Å²) < 4.78 is 0. The monoisotopic (exact) mass is 352 g/mol. The number of rotatable bonds is 6. The van der Waals surface area contributed by atoms with Gasteiger partial charge in [0.25, 0.3) is 0 Å². The summed E-state index contributed by atoms with van der Waals surface area (Å²) in [6, 6.07) is 20.0. The molecule has 5 heteroatoms. The Labute approximate surface area is 153 Å². The first-order valence-corrected chi connectivity index (χ1v) is 8.70. The minimum Gasteiger partial charge on any atom is -0.366 e. The van der Waals surface area contributed by atoms with Crippen molar-refractivity contribution in [3.05, 3.63) is 77.1 Å². The van der Waals surface area contributed by atoms with Gasteiger partial charge in [0, 0.05) is 29.9 Å². The fraction of sp³-hybridized carbons (Fsp3) is 0.200. The van der Waals surface area contributed by atoms with Gasteiger partial charge < -0.3 is 10.2 Å². The van der Waals surface area contributed by atoms with Crippen LogP contribution in [-0.2, 0) is 6.54 Å². The van der Waals surface area contributed by atoms with Crippen LogP contribution in [0, 0.1) is 6.92 Å². The average Bonchev–Trinajstić information content (AvgIpc) is 2.62. The van der Waals surface area contributed by atoms with E-state index in [1.807, 2.05) is 55.5 Å². The second-order valence-electron chi connectivity index (χ2n) is 5.68. The highest BCUT2D eigenvalue weighted by molar-refractivity contribution is 6.31. The smallest absolute Gasteiger partial charge is 0.138 e. The molecule has 0 fully saturated rings. The van der Waals surface area contributed by atoms with Crippen LogP contribution < -0.4 is 10.2 Å². The molecule has 25 heavy (non-hydrogen) atoms. The Balaban J connectivity index is 1.84. The standard InChI is InChI=1S/C20H21ClN4/c1-3-25(17-10-5-4-6-11-17)20-13-19(23-15(2)24-20)22-14-16-9-7-8-12-18(16)21/h4-13H,3,14H2,1-2H3,(H,22,23,24). The molecule has 0 amide bonds. The molecule has 1 heterocycles. The van der Waals surface area contributed by atoms with Gasteiger partial charge in [0.15, 0.2) is 0 Å². The maximum Gasteiger partial charge on any atom is 0.138 e. The highest BCUT2D eigenvalue weighted by atomic mass is 35.5. The first-order chi connectivity index (χ1) is 12.2. The van der Waals surface area contributed by atoms with Crippen LogP contribution in [0.2, 0.25) is 5.02 Å². The molecule has 1 aromatic heterocycles. The predicted octanol–water partition coefficient (Wildman–Crippen LogP) is 5.21. The fourth-order valence-electron chi connectivity index (χ4n) is 2.69. The summed E-state index contributed by atoms with van der Waals surface area (Å²) in [4.78, 5) is 11.3. The third kappa shape index (κ3) is 4.28. The molecule has 0 atom stereocenters. The van der Waals surface area contributed by atoms with Crippen molar-refractivity contribution in [2.45, 2.75) is 20.4 Å². The van der Waals surface area contributed by atoms with Crippen LogP contribution in [0.1, 0.15) is 18.3 Å². The van der Waals surface area contributed by atoms with Gasteiger partial charge in [0.2, 0.25) is 0 Å². The SMILES string of the molecule is CCN(c1ccccc1)c1cc(NCc2ccccc2Cl)nc(C)n1. The van der Waals surface area contributed by atoms with Crippen LogP contribution in [0.4, 0.5) is 17.3 Å². The lowest BCUT2D eigenvalue weighted by Crippen LogP contribution is -2.18. The van der Waals surface area contributed by atoms with Crippen molar-refractivity contribution >= 4 is 28.9 Å². The molecule has 3 rings (SSSR count). The van der Waals surface area contributed by atoms with Crippen LogP contribution in [-0.4, -0.2) is 16.5 Å². The number of benzene rings is 2. The van der Waals surface area contributed by atoms with Crippen molar-refractivity contribution in [1.82, 2.24) is 9.97 Å².